The first kappa shape index (κ1) is 17.9. The Morgan fingerprint density at radius 2 is 1.58 bits per heavy atom. The second kappa shape index (κ2) is 6.75. The summed E-state index contributed by atoms with van der Waals surface area (Å²) in [5.74, 6) is 0.601. The summed E-state index contributed by atoms with van der Waals surface area (Å²) in [5, 5.41) is 6.61. The molecule has 8 nitrogen and oxygen atoms in total. The van der Waals surface area contributed by atoms with E-state index < -0.39 is 10.0 Å². The Bertz CT molecular complexity index is 1000. The Balaban J connectivity index is 1.92. The quantitative estimate of drug-likeness (QED) is 0.711. The summed E-state index contributed by atoms with van der Waals surface area (Å²) >= 11 is 0. The molecule has 0 saturated carbocycles. The molecule has 0 spiro atoms. The van der Waals surface area contributed by atoms with Crippen LogP contribution in [0.3, 0.4) is 0 Å². The summed E-state index contributed by atoms with van der Waals surface area (Å²) in [6.07, 6.45) is 0. The number of rotatable bonds is 5. The van der Waals surface area contributed by atoms with Crippen molar-refractivity contribution >= 4 is 15.7 Å². The molecule has 26 heavy (non-hydrogen) atoms. The van der Waals surface area contributed by atoms with Crippen LogP contribution >= 0.6 is 0 Å². The number of anilines is 1. The van der Waals surface area contributed by atoms with Crippen molar-refractivity contribution in [3.8, 4) is 11.8 Å². The molecule has 0 bridgehead atoms. The number of H-pyrrole nitrogens is 1. The fourth-order valence-electron chi connectivity index (χ4n) is 2.59. The first-order valence-corrected chi connectivity index (χ1v) is 9.39. The molecule has 2 heterocycles. The minimum Gasteiger partial charge on any atom is -0.424 e. The van der Waals surface area contributed by atoms with Gasteiger partial charge in [-0.25, -0.2) is 8.42 Å². The molecule has 3 aromatic rings. The highest BCUT2D eigenvalue weighted by atomic mass is 32.2. The molecule has 0 saturated heterocycles. The van der Waals surface area contributed by atoms with Crippen LogP contribution in [0.25, 0.3) is 0 Å². The maximum atomic E-state index is 12.7. The van der Waals surface area contributed by atoms with E-state index in [2.05, 4.69) is 24.9 Å². The number of nitrogens with zero attached hydrogens (tertiary/aromatic N) is 3. The van der Waals surface area contributed by atoms with Crippen molar-refractivity contribution < 1.29 is 13.2 Å². The van der Waals surface area contributed by atoms with Crippen LogP contribution in [0.15, 0.2) is 35.2 Å². The summed E-state index contributed by atoms with van der Waals surface area (Å²) < 4.78 is 33.6. The highest BCUT2D eigenvalue weighted by Crippen LogP contribution is 2.26. The fourth-order valence-corrected chi connectivity index (χ4v) is 4.14. The number of sulfonamides is 1. The van der Waals surface area contributed by atoms with Gasteiger partial charge in [-0.05, 0) is 39.8 Å². The van der Waals surface area contributed by atoms with Crippen LogP contribution in [0.2, 0.25) is 0 Å². The predicted molar refractivity (Wildman–Crippen MR) is 96.9 cm³/mol. The van der Waals surface area contributed by atoms with Crippen LogP contribution in [0, 0.1) is 27.7 Å². The number of aryl methyl sites for hydroxylation is 4. The number of para-hydroxylation sites is 1. The van der Waals surface area contributed by atoms with Crippen LogP contribution < -0.4 is 9.46 Å². The van der Waals surface area contributed by atoms with Crippen LogP contribution in [0.4, 0.5) is 5.69 Å². The summed E-state index contributed by atoms with van der Waals surface area (Å²) in [6.45, 7) is 6.67. The minimum atomic E-state index is -3.81. The van der Waals surface area contributed by atoms with E-state index in [-0.39, 0.29) is 10.9 Å². The molecule has 136 valence electrons. The molecule has 0 amide bonds. The zero-order valence-corrected chi connectivity index (χ0v) is 15.7. The molecule has 0 fully saturated rings. The van der Waals surface area contributed by atoms with Gasteiger partial charge < -0.3 is 4.74 Å². The highest BCUT2D eigenvalue weighted by Gasteiger charge is 2.24. The van der Waals surface area contributed by atoms with Crippen molar-refractivity contribution in [2.75, 3.05) is 4.72 Å². The van der Waals surface area contributed by atoms with Gasteiger partial charge in [0.1, 0.15) is 10.6 Å². The lowest BCUT2D eigenvalue weighted by molar-refractivity contribution is 0.439. The second-order valence-corrected chi connectivity index (χ2v) is 7.46. The van der Waals surface area contributed by atoms with Gasteiger partial charge in [0.15, 0.2) is 0 Å². The van der Waals surface area contributed by atoms with E-state index in [4.69, 9.17) is 4.74 Å². The van der Waals surface area contributed by atoms with E-state index >= 15 is 0 Å². The second-order valence-electron chi connectivity index (χ2n) is 5.84. The molecular weight excluding hydrogens is 354 g/mol. The molecule has 3 rings (SSSR count). The normalized spacial score (nSPS) is 11.4. The maximum Gasteiger partial charge on any atom is 0.322 e. The van der Waals surface area contributed by atoms with Crippen LogP contribution in [-0.4, -0.2) is 28.6 Å². The average Bonchev–Trinajstić information content (AvgIpc) is 2.91. The van der Waals surface area contributed by atoms with Crippen LogP contribution in [0.1, 0.15) is 22.8 Å². The lowest BCUT2D eigenvalue weighted by Crippen LogP contribution is -2.17. The number of aromatic nitrogens is 4. The third-order valence-electron chi connectivity index (χ3n) is 3.77. The molecule has 1 aromatic carbocycles. The molecule has 0 aliphatic rings. The van der Waals surface area contributed by atoms with E-state index in [1.54, 1.807) is 39.8 Å². The average molecular weight is 373 g/mol. The van der Waals surface area contributed by atoms with E-state index in [1.165, 1.54) is 0 Å². The Morgan fingerprint density at radius 1 is 0.962 bits per heavy atom. The van der Waals surface area contributed by atoms with Gasteiger partial charge in [0, 0.05) is 0 Å². The first-order valence-electron chi connectivity index (χ1n) is 7.90. The monoisotopic (exact) mass is 373 g/mol. The largest absolute Gasteiger partial charge is 0.424 e. The minimum absolute atomic E-state index is 0.126. The van der Waals surface area contributed by atoms with Crippen molar-refractivity contribution in [2.45, 2.75) is 32.6 Å². The molecule has 0 unspecified atom stereocenters. The maximum absolute atomic E-state index is 12.7. The summed E-state index contributed by atoms with van der Waals surface area (Å²) in [6, 6.07) is 9.29. The van der Waals surface area contributed by atoms with E-state index in [0.717, 1.165) is 0 Å². The molecule has 2 N–H and O–H groups in total. The van der Waals surface area contributed by atoms with E-state index in [1.807, 2.05) is 18.2 Å². The van der Waals surface area contributed by atoms with Gasteiger partial charge in [0.2, 0.25) is 0 Å². The van der Waals surface area contributed by atoms with Gasteiger partial charge >= 0.3 is 6.01 Å². The van der Waals surface area contributed by atoms with Gasteiger partial charge in [-0.3, -0.25) is 9.82 Å². The van der Waals surface area contributed by atoms with E-state index in [0.29, 0.717) is 34.2 Å². The Morgan fingerprint density at radius 3 is 2.12 bits per heavy atom. The molecule has 0 aliphatic heterocycles. The van der Waals surface area contributed by atoms with Gasteiger partial charge in [-0.2, -0.15) is 15.1 Å². The zero-order valence-electron chi connectivity index (χ0n) is 14.9. The lowest BCUT2D eigenvalue weighted by Gasteiger charge is -2.13. The smallest absolute Gasteiger partial charge is 0.322 e. The van der Waals surface area contributed by atoms with Crippen molar-refractivity contribution in [1.29, 1.82) is 0 Å². The molecular formula is C17H19N5O3S. The van der Waals surface area contributed by atoms with Gasteiger partial charge in [0.25, 0.3) is 10.0 Å². The number of hydrogen-bond acceptors (Lipinski definition) is 6. The molecule has 2 aromatic heterocycles. The molecule has 0 radical (unpaired) electrons. The summed E-state index contributed by atoms with van der Waals surface area (Å²) in [5.41, 5.74) is 2.12. The SMILES string of the molecule is Cc1nc(Oc2ccccc2)nc(C)c1NS(=O)(=O)c1c(C)n[nH]c1C. The first-order chi connectivity index (χ1) is 12.3. The highest BCUT2D eigenvalue weighted by molar-refractivity contribution is 7.92. The predicted octanol–water partition coefficient (Wildman–Crippen LogP) is 3.03. The number of benzene rings is 1. The van der Waals surface area contributed by atoms with Crippen LogP contribution in [0.5, 0.6) is 11.8 Å². The fraction of sp³-hybridized carbons (Fsp3) is 0.235. The number of nitrogens with one attached hydrogen (secondary N) is 2. The summed E-state index contributed by atoms with van der Waals surface area (Å²) in [4.78, 5) is 8.64. The van der Waals surface area contributed by atoms with Gasteiger partial charge in [0.05, 0.1) is 28.5 Å². The van der Waals surface area contributed by atoms with Crippen molar-refractivity contribution in [3.63, 3.8) is 0 Å². The number of aromatic amines is 1. The number of hydrogen-bond donors (Lipinski definition) is 2. The van der Waals surface area contributed by atoms with Crippen molar-refractivity contribution in [2.24, 2.45) is 0 Å². The van der Waals surface area contributed by atoms with E-state index in [9.17, 15) is 8.42 Å². The standard InChI is InChI=1S/C17H19N5O3S/c1-10-15(22-26(23,24)16-12(3)20-21-13(16)4)11(2)19-17(18-10)25-14-8-6-5-7-9-14/h5-9,22H,1-4H3,(H,20,21). The molecule has 9 heteroatoms. The molecule has 0 aliphatic carbocycles. The molecule has 0 atom stereocenters. The Hall–Kier alpha value is -2.94. The van der Waals surface area contributed by atoms with Crippen molar-refractivity contribution in [1.82, 2.24) is 20.2 Å². The number of ether oxygens (including phenoxy) is 1. The topological polar surface area (TPSA) is 110 Å². The van der Waals surface area contributed by atoms with Crippen LogP contribution in [-0.2, 0) is 10.0 Å². The van der Waals surface area contributed by atoms with Crippen molar-refractivity contribution in [3.05, 3.63) is 53.1 Å². The zero-order chi connectivity index (χ0) is 18.9. The van der Waals surface area contributed by atoms with Gasteiger partial charge in [-0.15, -0.1) is 0 Å². The third kappa shape index (κ3) is 3.52. The Labute approximate surface area is 151 Å². The summed E-state index contributed by atoms with van der Waals surface area (Å²) in [7, 11) is -3.81. The Kier molecular flexibility index (Phi) is 4.64. The lowest BCUT2D eigenvalue weighted by atomic mass is 10.3. The third-order valence-corrected chi connectivity index (χ3v) is 5.38. The van der Waals surface area contributed by atoms with Gasteiger partial charge in [-0.1, -0.05) is 18.2 Å².